The molecule has 22 heavy (non-hydrogen) atoms. The number of aromatic nitrogens is 1. The highest BCUT2D eigenvalue weighted by atomic mass is 32.1. The zero-order chi connectivity index (χ0) is 15.7. The van der Waals surface area contributed by atoms with Crippen LogP contribution in [0.4, 0.5) is 0 Å². The zero-order valence-corrected chi connectivity index (χ0v) is 13.9. The minimum atomic E-state index is -0.108. The van der Waals surface area contributed by atoms with Crippen LogP contribution in [0.25, 0.3) is 10.8 Å². The van der Waals surface area contributed by atoms with Gasteiger partial charge in [0.05, 0.1) is 12.7 Å². The fraction of sp³-hybridized carbons (Fsp3) is 0.471. The minimum Gasteiger partial charge on any atom is -0.382 e. The second kappa shape index (κ2) is 6.46. The molecule has 0 spiro atoms. The van der Waals surface area contributed by atoms with E-state index in [1.165, 1.54) is 5.56 Å². The van der Waals surface area contributed by atoms with Crippen LogP contribution in [0.1, 0.15) is 18.2 Å². The number of nitrogens with zero attached hydrogens (tertiary/aromatic N) is 1. The van der Waals surface area contributed by atoms with E-state index in [1.807, 2.05) is 10.8 Å². The quantitative estimate of drug-likeness (QED) is 0.806. The molecule has 3 rings (SSSR count). The van der Waals surface area contributed by atoms with Crippen LogP contribution >= 0.6 is 12.2 Å². The number of pyridine rings is 1. The number of benzene rings is 1. The first kappa shape index (κ1) is 15.6. The van der Waals surface area contributed by atoms with Crippen molar-refractivity contribution >= 4 is 23.0 Å². The third-order valence-electron chi connectivity index (χ3n) is 4.21. The molecule has 2 aromatic rings. The van der Waals surface area contributed by atoms with Gasteiger partial charge in [0, 0.05) is 32.2 Å². The van der Waals surface area contributed by atoms with Gasteiger partial charge in [-0.15, -0.1) is 0 Å². The summed E-state index contributed by atoms with van der Waals surface area (Å²) < 4.78 is 19.6. The molecule has 0 aliphatic carbocycles. The van der Waals surface area contributed by atoms with Crippen molar-refractivity contribution in [1.29, 1.82) is 0 Å². The number of fused-ring (bicyclic) bond motifs is 1. The van der Waals surface area contributed by atoms with Crippen LogP contribution < -0.4 is 0 Å². The summed E-state index contributed by atoms with van der Waals surface area (Å²) in [5, 5.41) is 2.24. The summed E-state index contributed by atoms with van der Waals surface area (Å²) >= 11 is 5.66. The fourth-order valence-electron chi connectivity index (χ4n) is 3.04. The molecule has 1 fully saturated rings. The minimum absolute atomic E-state index is 0.0283. The van der Waals surface area contributed by atoms with Gasteiger partial charge >= 0.3 is 0 Å². The van der Waals surface area contributed by atoms with Gasteiger partial charge in [-0.3, -0.25) is 0 Å². The summed E-state index contributed by atoms with van der Waals surface area (Å²) in [6.45, 7) is 2.61. The summed E-state index contributed by atoms with van der Waals surface area (Å²) in [4.78, 5) is 0. The van der Waals surface area contributed by atoms with E-state index in [4.69, 9.17) is 26.4 Å². The Kier molecular flexibility index (Phi) is 4.59. The van der Waals surface area contributed by atoms with Crippen molar-refractivity contribution in [1.82, 2.24) is 4.57 Å². The molecule has 1 saturated heterocycles. The Labute approximate surface area is 135 Å². The van der Waals surface area contributed by atoms with Crippen molar-refractivity contribution in [3.63, 3.8) is 0 Å². The Bertz CT molecular complexity index is 727. The molecule has 0 saturated carbocycles. The van der Waals surface area contributed by atoms with Gasteiger partial charge in [0.2, 0.25) is 0 Å². The molecule has 1 aromatic carbocycles. The Morgan fingerprint density at radius 1 is 1.32 bits per heavy atom. The molecular weight excluding hydrogens is 298 g/mol. The average Bonchev–Trinajstić information content (AvgIpc) is 2.90. The van der Waals surface area contributed by atoms with Crippen molar-refractivity contribution in [2.24, 2.45) is 0 Å². The van der Waals surface area contributed by atoms with Crippen molar-refractivity contribution in [2.45, 2.75) is 31.8 Å². The van der Waals surface area contributed by atoms with E-state index in [9.17, 15) is 0 Å². The highest BCUT2D eigenvalue weighted by Crippen LogP contribution is 2.32. The lowest BCUT2D eigenvalue weighted by molar-refractivity contribution is -0.0609. The second-order valence-electron chi connectivity index (χ2n) is 5.71. The lowest BCUT2D eigenvalue weighted by Gasteiger charge is -2.17. The molecule has 4 nitrogen and oxygen atoms in total. The molecular formula is C17H21NO3S. The summed E-state index contributed by atoms with van der Waals surface area (Å²) in [6.07, 6.45) is 2.65. The smallest absolute Gasteiger partial charge is 0.137 e. The Hall–Kier alpha value is -1.27. The van der Waals surface area contributed by atoms with Gasteiger partial charge in [-0.25, -0.2) is 0 Å². The first-order valence-electron chi connectivity index (χ1n) is 7.42. The third-order valence-corrected chi connectivity index (χ3v) is 4.64. The van der Waals surface area contributed by atoms with Crippen molar-refractivity contribution in [3.05, 3.63) is 40.7 Å². The van der Waals surface area contributed by atoms with E-state index < -0.39 is 0 Å². The monoisotopic (exact) mass is 319 g/mol. The van der Waals surface area contributed by atoms with E-state index >= 15 is 0 Å². The second-order valence-corrected chi connectivity index (χ2v) is 6.10. The molecule has 0 amide bonds. The molecule has 0 bridgehead atoms. The predicted octanol–water partition coefficient (Wildman–Crippen LogP) is 3.63. The van der Waals surface area contributed by atoms with Gasteiger partial charge in [0.1, 0.15) is 17.0 Å². The number of hydrogen-bond acceptors (Lipinski definition) is 4. The van der Waals surface area contributed by atoms with E-state index in [2.05, 4.69) is 31.2 Å². The molecule has 3 atom stereocenters. The maximum Gasteiger partial charge on any atom is 0.137 e. The highest BCUT2D eigenvalue weighted by molar-refractivity contribution is 7.71. The highest BCUT2D eigenvalue weighted by Gasteiger charge is 2.36. The van der Waals surface area contributed by atoms with Crippen LogP contribution in [0.5, 0.6) is 0 Å². The van der Waals surface area contributed by atoms with Gasteiger partial charge in [-0.1, -0.05) is 36.0 Å². The number of rotatable bonds is 4. The lowest BCUT2D eigenvalue weighted by Crippen LogP contribution is -2.27. The predicted molar refractivity (Wildman–Crippen MR) is 88.7 cm³/mol. The molecule has 2 heterocycles. The molecule has 1 aliphatic rings. The Morgan fingerprint density at radius 2 is 2.14 bits per heavy atom. The molecule has 118 valence electrons. The lowest BCUT2D eigenvalue weighted by atomic mass is 10.1. The SMILES string of the molecule is COC[C@H]1O[C@@H](n2ccc3cc(C)ccc3c2=S)CC1OC. The Balaban J connectivity index is 1.96. The third kappa shape index (κ3) is 2.82. The van der Waals surface area contributed by atoms with Crippen molar-refractivity contribution in [2.75, 3.05) is 20.8 Å². The van der Waals surface area contributed by atoms with Crippen LogP contribution in [-0.4, -0.2) is 37.6 Å². The summed E-state index contributed by atoms with van der Waals surface area (Å²) in [5.41, 5.74) is 1.23. The molecule has 1 aliphatic heterocycles. The van der Waals surface area contributed by atoms with E-state index in [-0.39, 0.29) is 18.4 Å². The Morgan fingerprint density at radius 3 is 2.86 bits per heavy atom. The summed E-state index contributed by atoms with van der Waals surface area (Å²) in [5.74, 6) is 0. The fourth-order valence-corrected chi connectivity index (χ4v) is 3.41. The largest absolute Gasteiger partial charge is 0.382 e. The first-order chi connectivity index (χ1) is 10.6. The van der Waals surface area contributed by atoms with Crippen molar-refractivity contribution < 1.29 is 14.2 Å². The van der Waals surface area contributed by atoms with Gasteiger partial charge < -0.3 is 18.8 Å². The van der Waals surface area contributed by atoms with Crippen LogP contribution in [-0.2, 0) is 14.2 Å². The maximum absolute atomic E-state index is 6.09. The molecule has 1 aromatic heterocycles. The first-order valence-corrected chi connectivity index (χ1v) is 7.83. The average molecular weight is 319 g/mol. The standard InChI is InChI=1S/C17H21NO3S/c1-11-4-5-13-12(8-11)6-7-18(17(13)22)16-9-14(20-3)15(21-16)10-19-2/h4-8,14-16H,9-10H2,1-3H3/t14?,15-,16-/m1/s1. The molecule has 5 heteroatoms. The van der Waals surface area contributed by atoms with Gasteiger partial charge in [-0.05, 0) is 18.4 Å². The van der Waals surface area contributed by atoms with Gasteiger partial charge in [-0.2, -0.15) is 0 Å². The zero-order valence-electron chi connectivity index (χ0n) is 13.1. The van der Waals surface area contributed by atoms with E-state index in [0.717, 1.165) is 21.8 Å². The maximum atomic E-state index is 6.09. The van der Waals surface area contributed by atoms with Crippen molar-refractivity contribution in [3.8, 4) is 0 Å². The molecule has 0 radical (unpaired) electrons. The topological polar surface area (TPSA) is 32.6 Å². The summed E-state index contributed by atoms with van der Waals surface area (Å²) in [7, 11) is 3.38. The molecule has 1 unspecified atom stereocenters. The normalized spacial score (nSPS) is 25.0. The number of aryl methyl sites for hydroxylation is 1. The van der Waals surface area contributed by atoms with Crippen LogP contribution in [0, 0.1) is 11.6 Å². The van der Waals surface area contributed by atoms with E-state index in [0.29, 0.717) is 6.61 Å². The number of hydrogen-bond donors (Lipinski definition) is 0. The van der Waals surface area contributed by atoms with Gasteiger partial charge in [0.15, 0.2) is 0 Å². The van der Waals surface area contributed by atoms with Gasteiger partial charge in [0.25, 0.3) is 0 Å². The number of methoxy groups -OCH3 is 2. The molecule has 0 N–H and O–H groups in total. The van der Waals surface area contributed by atoms with E-state index in [1.54, 1.807) is 14.2 Å². The van der Waals surface area contributed by atoms with Crippen LogP contribution in [0.15, 0.2) is 30.5 Å². The van der Waals surface area contributed by atoms with Crippen LogP contribution in [0.2, 0.25) is 0 Å². The van der Waals surface area contributed by atoms with Crippen LogP contribution in [0.3, 0.4) is 0 Å². The number of ether oxygens (including phenoxy) is 3. The summed E-state index contributed by atoms with van der Waals surface area (Å²) in [6, 6.07) is 8.41.